The van der Waals surface area contributed by atoms with Crippen LogP contribution in [-0.2, 0) is 0 Å². The van der Waals surface area contributed by atoms with Gasteiger partial charge in [-0.2, -0.15) is 0 Å². The van der Waals surface area contributed by atoms with Crippen LogP contribution in [0.1, 0.15) is 0 Å². The van der Waals surface area contributed by atoms with Crippen LogP contribution in [0.15, 0.2) is 133 Å². The first-order chi connectivity index (χ1) is 16.9. The molecule has 0 heteroatoms. The zero-order valence-electron chi connectivity index (χ0n) is 18.7. The van der Waals surface area contributed by atoms with E-state index in [1.807, 2.05) is 0 Å². The highest BCUT2D eigenvalue weighted by Gasteiger charge is 2.14. The van der Waals surface area contributed by atoms with Crippen LogP contribution in [0.3, 0.4) is 0 Å². The molecule has 158 valence electrons. The Morgan fingerprint density at radius 3 is 1.56 bits per heavy atom. The van der Waals surface area contributed by atoms with Crippen molar-refractivity contribution in [2.45, 2.75) is 0 Å². The lowest BCUT2D eigenvalue weighted by atomic mass is 9.87. The molecule has 7 rings (SSSR count). The molecule has 0 radical (unpaired) electrons. The molecule has 0 aromatic heterocycles. The molecule has 7 aromatic rings. The molecular formula is C34H22. The third kappa shape index (κ3) is 2.93. The first-order valence-corrected chi connectivity index (χ1v) is 11.8. The minimum absolute atomic E-state index is 1.25. The van der Waals surface area contributed by atoms with Crippen molar-refractivity contribution in [1.82, 2.24) is 0 Å². The fourth-order valence-electron chi connectivity index (χ4n) is 5.44. The Labute approximate surface area is 198 Å². The Hall–Kier alpha value is -4.42. The predicted octanol–water partition coefficient (Wildman–Crippen LogP) is 9.63. The molecule has 0 nitrogen and oxygen atoms in total. The Morgan fingerprint density at radius 2 is 0.824 bits per heavy atom. The number of hydrogen-bond acceptors (Lipinski definition) is 0. The summed E-state index contributed by atoms with van der Waals surface area (Å²) in [5, 5.41) is 10.2. The van der Waals surface area contributed by atoms with Crippen LogP contribution >= 0.6 is 0 Å². The monoisotopic (exact) mass is 430 g/mol. The van der Waals surface area contributed by atoms with Crippen LogP contribution in [0.25, 0.3) is 65.3 Å². The highest BCUT2D eigenvalue weighted by Crippen LogP contribution is 2.41. The fourth-order valence-corrected chi connectivity index (χ4v) is 5.44. The summed E-state index contributed by atoms with van der Waals surface area (Å²) in [6.45, 7) is 0. The van der Waals surface area contributed by atoms with E-state index in [2.05, 4.69) is 133 Å². The highest BCUT2D eigenvalue weighted by atomic mass is 14.2. The van der Waals surface area contributed by atoms with Crippen molar-refractivity contribution in [2.24, 2.45) is 0 Å². The summed E-state index contributed by atoms with van der Waals surface area (Å²) >= 11 is 0. The van der Waals surface area contributed by atoms with E-state index in [-0.39, 0.29) is 0 Å². The summed E-state index contributed by atoms with van der Waals surface area (Å²) in [5.74, 6) is 0. The smallest absolute Gasteiger partial charge is 0.00204 e. The maximum Gasteiger partial charge on any atom is -0.00204 e. The molecule has 0 atom stereocenters. The van der Waals surface area contributed by atoms with Crippen molar-refractivity contribution in [2.75, 3.05) is 0 Å². The molecule has 0 N–H and O–H groups in total. The van der Waals surface area contributed by atoms with Crippen molar-refractivity contribution in [3.8, 4) is 22.3 Å². The van der Waals surface area contributed by atoms with Crippen LogP contribution in [0.4, 0.5) is 0 Å². The summed E-state index contributed by atoms with van der Waals surface area (Å²) in [6, 6.07) is 48.6. The van der Waals surface area contributed by atoms with E-state index >= 15 is 0 Å². The zero-order valence-corrected chi connectivity index (χ0v) is 18.7. The van der Waals surface area contributed by atoms with Gasteiger partial charge in [-0.05, 0) is 77.5 Å². The standard InChI is InChI=1S/C34H22/c1-4-14-28-23(9-1)12-7-17-30(28)27-20-19-26-21-25-11-3-6-16-31(25)34(33(26)22-27)32-18-8-13-24-10-2-5-15-29(24)32/h1-22H. The lowest BCUT2D eigenvalue weighted by molar-refractivity contribution is 1.67. The lowest BCUT2D eigenvalue weighted by Gasteiger charge is -2.16. The second kappa shape index (κ2) is 7.57. The van der Waals surface area contributed by atoms with E-state index in [1.54, 1.807) is 0 Å². The molecule has 0 saturated carbocycles. The second-order valence-electron chi connectivity index (χ2n) is 8.96. The Balaban J connectivity index is 1.61. The Kier molecular flexibility index (Phi) is 4.25. The summed E-state index contributed by atoms with van der Waals surface area (Å²) in [4.78, 5) is 0. The molecule has 0 aliphatic rings. The minimum atomic E-state index is 1.25. The fraction of sp³-hybridized carbons (Fsp3) is 0. The van der Waals surface area contributed by atoms with Gasteiger partial charge in [0.1, 0.15) is 0 Å². The van der Waals surface area contributed by atoms with Crippen molar-refractivity contribution < 1.29 is 0 Å². The molecule has 0 bridgehead atoms. The molecule has 0 fully saturated rings. The van der Waals surface area contributed by atoms with Crippen LogP contribution in [-0.4, -0.2) is 0 Å². The van der Waals surface area contributed by atoms with Crippen LogP contribution in [0, 0.1) is 0 Å². The Bertz CT molecular complexity index is 1850. The van der Waals surface area contributed by atoms with Gasteiger partial charge < -0.3 is 0 Å². The van der Waals surface area contributed by atoms with Gasteiger partial charge in [0.15, 0.2) is 0 Å². The normalized spacial score (nSPS) is 11.5. The van der Waals surface area contributed by atoms with Crippen LogP contribution in [0.2, 0.25) is 0 Å². The van der Waals surface area contributed by atoms with Gasteiger partial charge in [-0.3, -0.25) is 0 Å². The molecular weight excluding hydrogens is 408 g/mol. The maximum atomic E-state index is 2.39. The van der Waals surface area contributed by atoms with E-state index in [1.165, 1.54) is 65.3 Å². The first kappa shape index (κ1) is 19.1. The third-order valence-electron chi connectivity index (χ3n) is 7.02. The van der Waals surface area contributed by atoms with Gasteiger partial charge in [0, 0.05) is 0 Å². The average molecular weight is 431 g/mol. The number of rotatable bonds is 2. The first-order valence-electron chi connectivity index (χ1n) is 11.8. The van der Waals surface area contributed by atoms with Gasteiger partial charge in [0.2, 0.25) is 0 Å². The van der Waals surface area contributed by atoms with E-state index in [9.17, 15) is 0 Å². The number of fused-ring (bicyclic) bond motifs is 4. The van der Waals surface area contributed by atoms with Crippen molar-refractivity contribution in [3.63, 3.8) is 0 Å². The Morgan fingerprint density at radius 1 is 0.294 bits per heavy atom. The molecule has 7 aromatic carbocycles. The lowest BCUT2D eigenvalue weighted by Crippen LogP contribution is -1.89. The van der Waals surface area contributed by atoms with E-state index < -0.39 is 0 Å². The van der Waals surface area contributed by atoms with Crippen molar-refractivity contribution in [3.05, 3.63) is 133 Å². The zero-order chi connectivity index (χ0) is 22.5. The quantitative estimate of drug-likeness (QED) is 0.239. The van der Waals surface area contributed by atoms with Crippen LogP contribution < -0.4 is 0 Å². The summed E-state index contributed by atoms with van der Waals surface area (Å²) in [6.07, 6.45) is 0. The molecule has 0 heterocycles. The molecule has 0 saturated heterocycles. The van der Waals surface area contributed by atoms with E-state index in [0.717, 1.165) is 0 Å². The summed E-state index contributed by atoms with van der Waals surface area (Å²) in [7, 11) is 0. The van der Waals surface area contributed by atoms with Gasteiger partial charge in [0.05, 0.1) is 0 Å². The topological polar surface area (TPSA) is 0 Å². The summed E-state index contributed by atoms with van der Waals surface area (Å²) in [5.41, 5.74) is 5.13. The predicted molar refractivity (Wildman–Crippen MR) is 147 cm³/mol. The second-order valence-corrected chi connectivity index (χ2v) is 8.96. The maximum absolute atomic E-state index is 2.39. The molecule has 34 heavy (non-hydrogen) atoms. The largest absolute Gasteiger partial charge is 0.0616 e. The highest BCUT2D eigenvalue weighted by molar-refractivity contribution is 6.17. The van der Waals surface area contributed by atoms with Gasteiger partial charge in [-0.1, -0.05) is 121 Å². The summed E-state index contributed by atoms with van der Waals surface area (Å²) < 4.78 is 0. The minimum Gasteiger partial charge on any atom is -0.0616 e. The van der Waals surface area contributed by atoms with Gasteiger partial charge in [-0.25, -0.2) is 0 Å². The third-order valence-corrected chi connectivity index (χ3v) is 7.02. The number of benzene rings is 7. The molecule has 0 aliphatic heterocycles. The van der Waals surface area contributed by atoms with Gasteiger partial charge in [0.25, 0.3) is 0 Å². The van der Waals surface area contributed by atoms with E-state index in [4.69, 9.17) is 0 Å². The molecule has 0 aliphatic carbocycles. The number of hydrogen-bond donors (Lipinski definition) is 0. The molecule has 0 unspecified atom stereocenters. The molecule has 0 spiro atoms. The van der Waals surface area contributed by atoms with Crippen molar-refractivity contribution >= 4 is 43.1 Å². The van der Waals surface area contributed by atoms with E-state index in [0.29, 0.717) is 0 Å². The van der Waals surface area contributed by atoms with Gasteiger partial charge in [-0.15, -0.1) is 0 Å². The van der Waals surface area contributed by atoms with Crippen molar-refractivity contribution in [1.29, 1.82) is 0 Å². The van der Waals surface area contributed by atoms with Gasteiger partial charge >= 0.3 is 0 Å². The van der Waals surface area contributed by atoms with Crippen LogP contribution in [0.5, 0.6) is 0 Å². The average Bonchev–Trinajstić information content (AvgIpc) is 2.91. The SMILES string of the molecule is c1ccc2c(-c3ccc4cc5ccccc5c(-c5cccc6ccccc56)c4c3)cccc2c1. The molecule has 0 amide bonds.